The minimum atomic E-state index is -0.705. The number of carbonyl (C=O) groups is 2. The lowest BCUT2D eigenvalue weighted by molar-refractivity contribution is -0.148. The number of anilines is 1. The van der Waals surface area contributed by atoms with Crippen LogP contribution in [0, 0.1) is 6.92 Å². The number of hydrogen-bond donors (Lipinski definition) is 2. The van der Waals surface area contributed by atoms with Gasteiger partial charge in [0.25, 0.3) is 5.91 Å². The van der Waals surface area contributed by atoms with Gasteiger partial charge in [0.1, 0.15) is 19.0 Å². The molecule has 0 saturated heterocycles. The van der Waals surface area contributed by atoms with E-state index in [-0.39, 0.29) is 18.3 Å². The van der Waals surface area contributed by atoms with E-state index in [1.54, 1.807) is 35.3 Å². The van der Waals surface area contributed by atoms with Crippen LogP contribution in [0.4, 0.5) is 5.69 Å². The smallest absolute Gasteiger partial charge is 0.332 e. The number of phenols is 1. The summed E-state index contributed by atoms with van der Waals surface area (Å²) < 4.78 is 4.61. The van der Waals surface area contributed by atoms with Crippen molar-refractivity contribution in [1.82, 2.24) is 0 Å². The van der Waals surface area contributed by atoms with Crippen LogP contribution in [0.5, 0.6) is 5.75 Å². The lowest BCUT2D eigenvalue weighted by Gasteiger charge is -2.21. The molecule has 6 nitrogen and oxygen atoms in total. The van der Waals surface area contributed by atoms with Crippen molar-refractivity contribution in [2.24, 2.45) is 0 Å². The largest absolute Gasteiger partial charge is 0.508 e. The van der Waals surface area contributed by atoms with Gasteiger partial charge in [-0.05, 0) is 44.5 Å². The van der Waals surface area contributed by atoms with Crippen molar-refractivity contribution in [1.29, 1.82) is 0 Å². The molecule has 0 fully saturated rings. The summed E-state index contributed by atoms with van der Waals surface area (Å²) in [7, 11) is 0. The molecule has 0 bridgehead atoms. The summed E-state index contributed by atoms with van der Waals surface area (Å²) >= 11 is 0. The molecule has 28 heavy (non-hydrogen) atoms. The molecule has 2 aromatic rings. The number of likely N-dealkylation sites (N-methyl/N-ethyl adjacent to an activating group) is 1. The first-order chi connectivity index (χ1) is 13.4. The monoisotopic (exact) mass is 385 g/mol. The zero-order valence-corrected chi connectivity index (χ0v) is 16.5. The molecular formula is C22H27NO5. The van der Waals surface area contributed by atoms with E-state index < -0.39 is 12.6 Å². The van der Waals surface area contributed by atoms with Gasteiger partial charge in [-0.2, -0.15) is 0 Å². The van der Waals surface area contributed by atoms with E-state index in [2.05, 4.69) is 4.74 Å². The second-order valence-electron chi connectivity index (χ2n) is 5.82. The Balaban J connectivity index is 0.000000283. The minimum absolute atomic E-state index is 0.0218. The van der Waals surface area contributed by atoms with Crippen LogP contribution in [0.3, 0.4) is 0 Å². The van der Waals surface area contributed by atoms with Gasteiger partial charge in [0.05, 0.1) is 0 Å². The number of hydrogen-bond acceptors (Lipinski definition) is 5. The lowest BCUT2D eigenvalue weighted by Crippen LogP contribution is -2.29. The number of aliphatic hydroxyl groups excluding tert-OH is 1. The van der Waals surface area contributed by atoms with Crippen molar-refractivity contribution in [3.63, 3.8) is 0 Å². The molecule has 150 valence electrons. The van der Waals surface area contributed by atoms with Gasteiger partial charge >= 0.3 is 5.97 Å². The maximum absolute atomic E-state index is 11.8. The Bertz CT molecular complexity index is 801. The number of nitrogens with zero attached hydrogens (tertiary/aromatic N) is 1. The van der Waals surface area contributed by atoms with Gasteiger partial charge in [0, 0.05) is 17.8 Å². The van der Waals surface area contributed by atoms with E-state index in [4.69, 9.17) is 5.11 Å². The summed E-state index contributed by atoms with van der Waals surface area (Å²) in [6.45, 7) is 5.87. The first kappa shape index (κ1) is 22.9. The number of ether oxygens (including phenoxy) is 1. The van der Waals surface area contributed by atoms with Gasteiger partial charge in [-0.1, -0.05) is 42.5 Å². The number of aryl methyl sites for hydroxylation is 1. The predicted octanol–water partition coefficient (Wildman–Crippen LogP) is 3.35. The zero-order chi connectivity index (χ0) is 20.9. The maximum Gasteiger partial charge on any atom is 0.332 e. The first-order valence-corrected chi connectivity index (χ1v) is 8.97. The highest BCUT2D eigenvalue weighted by molar-refractivity contribution is 6.01. The molecule has 0 aliphatic carbocycles. The second-order valence-corrected chi connectivity index (χ2v) is 5.82. The Kier molecular flexibility index (Phi) is 10.1. The topological polar surface area (TPSA) is 87.1 Å². The van der Waals surface area contributed by atoms with Crippen molar-refractivity contribution in [2.75, 3.05) is 18.1 Å². The molecule has 0 aromatic heterocycles. The standard InChI is InChI=1S/C13H17NO.C9H10O4/c1-4-8-13(15)14(5-2)12-10-7-6-9-11(12)3;10-5-9(12)13-6-7-3-1-2-4-8(7)11/h4,6-10H,5H2,1-3H3;1-4,10-11H,5-6H2/b8-4+;. The number of aromatic hydroxyl groups is 1. The van der Waals surface area contributed by atoms with Crippen molar-refractivity contribution in [3.05, 3.63) is 71.8 Å². The quantitative estimate of drug-likeness (QED) is 0.588. The molecule has 0 heterocycles. The number of carbonyl (C=O) groups excluding carboxylic acids is 2. The molecule has 1 amide bonds. The van der Waals surface area contributed by atoms with Crippen LogP contribution in [0.1, 0.15) is 25.0 Å². The highest BCUT2D eigenvalue weighted by atomic mass is 16.5. The fraction of sp³-hybridized carbons (Fsp3) is 0.273. The summed E-state index contributed by atoms with van der Waals surface area (Å²) in [5.74, 6) is -0.592. The third kappa shape index (κ3) is 7.25. The van der Waals surface area contributed by atoms with E-state index >= 15 is 0 Å². The summed E-state index contributed by atoms with van der Waals surface area (Å²) in [5, 5.41) is 17.6. The van der Waals surface area contributed by atoms with Crippen molar-refractivity contribution >= 4 is 17.6 Å². The molecule has 0 saturated carbocycles. The van der Waals surface area contributed by atoms with Crippen molar-refractivity contribution < 1.29 is 24.5 Å². The summed E-state index contributed by atoms with van der Waals surface area (Å²) in [6.07, 6.45) is 3.36. The predicted molar refractivity (Wildman–Crippen MR) is 109 cm³/mol. The van der Waals surface area contributed by atoms with Crippen LogP contribution < -0.4 is 4.90 Å². The minimum Gasteiger partial charge on any atom is -0.508 e. The molecule has 0 atom stereocenters. The maximum atomic E-state index is 11.8. The highest BCUT2D eigenvalue weighted by Crippen LogP contribution is 2.19. The highest BCUT2D eigenvalue weighted by Gasteiger charge is 2.11. The SMILES string of the molecule is C/C=C/C(=O)N(CC)c1ccccc1C.O=C(CO)OCc1ccccc1O. The van der Waals surface area contributed by atoms with Gasteiger partial charge in [-0.15, -0.1) is 0 Å². The van der Waals surface area contributed by atoms with Gasteiger partial charge in [0.2, 0.25) is 0 Å². The number of aliphatic hydroxyl groups is 1. The molecule has 6 heteroatoms. The third-order valence-electron chi connectivity index (χ3n) is 3.81. The van der Waals surface area contributed by atoms with Gasteiger partial charge in [0.15, 0.2) is 0 Å². The van der Waals surface area contributed by atoms with Crippen LogP contribution in [-0.2, 0) is 20.9 Å². The third-order valence-corrected chi connectivity index (χ3v) is 3.81. The van der Waals surface area contributed by atoms with Crippen LogP contribution >= 0.6 is 0 Å². The number of benzene rings is 2. The van der Waals surface area contributed by atoms with Gasteiger partial charge < -0.3 is 19.8 Å². The molecule has 2 aromatic carbocycles. The van der Waals surface area contributed by atoms with Crippen LogP contribution in [0.25, 0.3) is 0 Å². The Morgan fingerprint density at radius 3 is 2.32 bits per heavy atom. The van der Waals surface area contributed by atoms with E-state index in [9.17, 15) is 14.7 Å². The number of amides is 1. The number of rotatable bonds is 6. The van der Waals surface area contributed by atoms with E-state index in [1.165, 1.54) is 6.07 Å². The normalized spacial score (nSPS) is 10.1. The Morgan fingerprint density at radius 2 is 1.75 bits per heavy atom. The molecule has 0 radical (unpaired) electrons. The van der Waals surface area contributed by atoms with Gasteiger partial charge in [-0.25, -0.2) is 4.79 Å². The average Bonchev–Trinajstić information content (AvgIpc) is 2.70. The summed E-state index contributed by atoms with van der Waals surface area (Å²) in [4.78, 5) is 24.1. The van der Waals surface area contributed by atoms with E-state index in [1.807, 2.05) is 45.0 Å². The van der Waals surface area contributed by atoms with Crippen LogP contribution in [-0.4, -0.2) is 35.2 Å². The fourth-order valence-corrected chi connectivity index (χ4v) is 2.38. The molecule has 0 unspecified atom stereocenters. The number of para-hydroxylation sites is 2. The van der Waals surface area contributed by atoms with Crippen molar-refractivity contribution in [3.8, 4) is 5.75 Å². The number of phenolic OH excluding ortho intramolecular Hbond substituents is 1. The lowest BCUT2D eigenvalue weighted by atomic mass is 10.2. The molecular weight excluding hydrogens is 358 g/mol. The molecule has 2 rings (SSSR count). The van der Waals surface area contributed by atoms with E-state index in [0.29, 0.717) is 12.1 Å². The zero-order valence-electron chi connectivity index (χ0n) is 16.5. The Morgan fingerprint density at radius 1 is 1.11 bits per heavy atom. The van der Waals surface area contributed by atoms with Crippen LogP contribution in [0.15, 0.2) is 60.7 Å². The summed E-state index contributed by atoms with van der Waals surface area (Å²) in [5.41, 5.74) is 2.63. The first-order valence-electron chi connectivity index (χ1n) is 8.97. The number of esters is 1. The van der Waals surface area contributed by atoms with Crippen LogP contribution in [0.2, 0.25) is 0 Å². The number of allylic oxidation sites excluding steroid dienone is 1. The average molecular weight is 385 g/mol. The molecule has 0 aliphatic rings. The Hall–Kier alpha value is -3.12. The summed E-state index contributed by atoms with van der Waals surface area (Å²) in [6, 6.07) is 14.5. The van der Waals surface area contributed by atoms with Crippen molar-refractivity contribution in [2.45, 2.75) is 27.4 Å². The fourth-order valence-electron chi connectivity index (χ4n) is 2.38. The molecule has 0 spiro atoms. The molecule has 2 N–H and O–H groups in total. The van der Waals surface area contributed by atoms with Gasteiger partial charge in [-0.3, -0.25) is 4.79 Å². The second kappa shape index (κ2) is 12.3. The van der Waals surface area contributed by atoms with E-state index in [0.717, 1.165) is 11.3 Å². The molecule has 0 aliphatic heterocycles. The Labute approximate surface area is 165 Å².